The van der Waals surface area contributed by atoms with Crippen molar-refractivity contribution < 1.29 is 77.2 Å². The summed E-state index contributed by atoms with van der Waals surface area (Å²) in [4.78, 5) is 68.9. The van der Waals surface area contributed by atoms with Crippen LogP contribution in [0, 0.1) is 0 Å². The van der Waals surface area contributed by atoms with Crippen LogP contribution >= 0.6 is 15.6 Å². The van der Waals surface area contributed by atoms with Gasteiger partial charge >= 0.3 is 13.5 Å². The van der Waals surface area contributed by atoms with Crippen LogP contribution in [0.3, 0.4) is 0 Å². The Morgan fingerprint density at radius 2 is 1.70 bits per heavy atom. The van der Waals surface area contributed by atoms with Crippen molar-refractivity contribution in [3.63, 3.8) is 0 Å². The summed E-state index contributed by atoms with van der Waals surface area (Å²) in [5.74, 6) is -2.52. The number of nitrogens with one attached hydrogen (secondary N) is 1. The molecule has 23 nitrogen and oxygen atoms in total. The molecule has 0 amide bonds. The molecule has 1 aliphatic rings. The molecule has 1 unspecified atom stereocenters. The molecule has 234 valence electrons. The van der Waals surface area contributed by atoms with Gasteiger partial charge in [0.1, 0.15) is 42.7 Å². The molecular weight excluding hydrogens is 600 g/mol. The molecule has 0 aromatic carbocycles. The van der Waals surface area contributed by atoms with E-state index in [0.29, 0.717) is 4.57 Å². The van der Waals surface area contributed by atoms with Crippen molar-refractivity contribution in [2.45, 2.75) is 49.0 Å². The number of aromatic nitrogens is 2. The Kier molecular flexibility index (Phi) is 15.6. The molecule has 0 bridgehead atoms. The Labute approximate surface area is 222 Å². The van der Waals surface area contributed by atoms with Gasteiger partial charge in [0.25, 0.3) is 5.56 Å². The molecule has 18 N–H and O–H groups in total. The van der Waals surface area contributed by atoms with Crippen LogP contribution in [0.15, 0.2) is 21.9 Å². The summed E-state index contributed by atoms with van der Waals surface area (Å²) in [6.07, 6.45) is -17.8. The third-order valence-electron chi connectivity index (χ3n) is 4.68. The second-order valence-electron chi connectivity index (χ2n) is 7.29. The fourth-order valence-electron chi connectivity index (χ4n) is 2.93. The Morgan fingerprint density at radius 1 is 1.12 bits per heavy atom. The number of aldehydes is 1. The number of rotatable bonds is 13. The van der Waals surface area contributed by atoms with Gasteiger partial charge in [0.2, 0.25) is 0 Å². The molecule has 1 fully saturated rings. The Balaban J connectivity index is 0. The zero-order valence-electron chi connectivity index (χ0n) is 20.9. The lowest BCUT2D eigenvalue weighted by Crippen LogP contribution is -2.53. The molecular formula is C15H31N5O18P2. The summed E-state index contributed by atoms with van der Waals surface area (Å²) in [6, 6.07) is 0.852. The predicted molar refractivity (Wildman–Crippen MR) is 121 cm³/mol. The number of hydrogen-bond acceptors (Lipinski definition) is 18. The van der Waals surface area contributed by atoms with Crippen LogP contribution in [-0.4, -0.2) is 96.7 Å². The summed E-state index contributed by atoms with van der Waals surface area (Å²) >= 11 is 0. The van der Waals surface area contributed by atoms with E-state index in [1.807, 2.05) is 4.98 Å². The second-order valence-corrected chi connectivity index (χ2v) is 10.2. The number of aliphatic hydroxyl groups excluding tert-OH is 5. The van der Waals surface area contributed by atoms with Crippen molar-refractivity contribution in [2.24, 2.45) is 0 Å². The zero-order valence-corrected chi connectivity index (χ0v) is 22.7. The van der Waals surface area contributed by atoms with E-state index in [0.717, 1.165) is 12.3 Å². The van der Waals surface area contributed by atoms with Gasteiger partial charge in [-0.05, 0) is 0 Å². The van der Waals surface area contributed by atoms with E-state index in [1.165, 1.54) is 0 Å². The number of aromatic amines is 1. The van der Waals surface area contributed by atoms with Crippen LogP contribution in [0.1, 0.15) is 6.23 Å². The van der Waals surface area contributed by atoms with Gasteiger partial charge in [-0.1, -0.05) is 0 Å². The van der Waals surface area contributed by atoms with Crippen molar-refractivity contribution in [1.29, 1.82) is 0 Å². The highest BCUT2D eigenvalue weighted by atomic mass is 31.3. The van der Waals surface area contributed by atoms with E-state index in [9.17, 15) is 68.7 Å². The first-order chi connectivity index (χ1) is 17.0. The number of carboxylic acids is 1. The van der Waals surface area contributed by atoms with Crippen LogP contribution in [0.5, 0.6) is 0 Å². The van der Waals surface area contributed by atoms with Crippen molar-refractivity contribution >= 4 is 27.9 Å². The molecule has 0 radical (unpaired) electrons. The van der Waals surface area contributed by atoms with Gasteiger partial charge in [0.15, 0.2) is 12.5 Å². The number of carbonyl (C=O) groups excluding carboxylic acids is 2. The van der Waals surface area contributed by atoms with Crippen LogP contribution < -0.4 is 44.6 Å². The first kappa shape index (κ1) is 39.9. The SMILES string of the molecule is O=C[C@H](O)[C@@H](O)[C@H](O)[C@H](OP(=O)(OC[C@H]1O[C@@H](n2ccc(=O)[nH]c2=O)[C@H](O)[C@@H]1O)OP(=O)([O-])[O-])C(=O)[O-].[NH4+].[NH4+].[NH4+]. The first-order valence-electron chi connectivity index (χ1n) is 9.69. The van der Waals surface area contributed by atoms with Crippen molar-refractivity contribution in [2.75, 3.05) is 6.61 Å². The van der Waals surface area contributed by atoms with E-state index >= 15 is 0 Å². The highest BCUT2D eigenvalue weighted by Crippen LogP contribution is 2.59. The number of carboxylic acid groups (broad SMARTS) is 1. The van der Waals surface area contributed by atoms with Gasteiger partial charge in [0, 0.05) is 12.3 Å². The number of H-pyrrole nitrogens is 1. The minimum Gasteiger partial charge on any atom is -0.789 e. The first-order valence-corrected chi connectivity index (χ1v) is 12.6. The van der Waals surface area contributed by atoms with E-state index in [4.69, 9.17) is 4.74 Å². The molecule has 1 aromatic heterocycles. The summed E-state index contributed by atoms with van der Waals surface area (Å²) < 4.78 is 42.0. The highest BCUT2D eigenvalue weighted by molar-refractivity contribution is 7.60. The molecule has 0 saturated carbocycles. The number of nitrogens with zero attached hydrogens (tertiary/aromatic N) is 1. The molecule has 1 aliphatic heterocycles. The molecule has 25 heteroatoms. The van der Waals surface area contributed by atoms with Crippen LogP contribution in [0.2, 0.25) is 0 Å². The molecule has 2 heterocycles. The Bertz CT molecular complexity index is 1190. The molecule has 9 atom stereocenters. The lowest BCUT2D eigenvalue weighted by molar-refractivity contribution is -0.336. The standard InChI is InChI=1S/C15H22N2O18P2.3H3N/c18-3-5(19)8(21)10(23)12(14(25)26)34-37(31,35-36(28,29)30)32-4-6-9(22)11(24)13(33-6)17-2-1-7(20)16-15(17)27;;;/h1-3,5-6,8-13,19,21-24H,4H2,(H,25,26)(H,16,20,27)(H2,28,29,30);3*1H3/t5-,6+,8+,9+,10-,11+,12-,13+,37?;;;/m0.../s1. The molecule has 0 aliphatic carbocycles. The van der Waals surface area contributed by atoms with Crippen molar-refractivity contribution in [3.8, 4) is 0 Å². The number of quaternary nitrogens is 3. The number of phosphoric ester groups is 1. The summed E-state index contributed by atoms with van der Waals surface area (Å²) in [5.41, 5.74) is -1.91. The van der Waals surface area contributed by atoms with E-state index in [1.54, 1.807) is 0 Å². The molecule has 40 heavy (non-hydrogen) atoms. The molecule has 2 rings (SSSR count). The quantitative estimate of drug-likeness (QED) is 0.0721. The maximum absolute atomic E-state index is 12.7. The van der Waals surface area contributed by atoms with Crippen LogP contribution in [0.25, 0.3) is 0 Å². The maximum Gasteiger partial charge on any atom is 0.479 e. The molecule has 0 spiro atoms. The minimum atomic E-state index is -6.32. The fourth-order valence-corrected chi connectivity index (χ4v) is 5.13. The van der Waals surface area contributed by atoms with Gasteiger partial charge in [0.05, 0.1) is 20.4 Å². The second kappa shape index (κ2) is 15.6. The van der Waals surface area contributed by atoms with Gasteiger partial charge in [-0.3, -0.25) is 27.7 Å². The fraction of sp³-hybridized carbons (Fsp3) is 0.600. The summed E-state index contributed by atoms with van der Waals surface area (Å²) in [5, 5.41) is 60.3. The van der Waals surface area contributed by atoms with Crippen LogP contribution in [0.4, 0.5) is 0 Å². The number of aliphatic hydroxyl groups is 5. The van der Waals surface area contributed by atoms with Gasteiger partial charge in [-0.2, -0.15) is 0 Å². The van der Waals surface area contributed by atoms with E-state index in [-0.39, 0.29) is 24.7 Å². The number of aliphatic carboxylic acids is 1. The van der Waals surface area contributed by atoms with Gasteiger partial charge < -0.3 is 77.8 Å². The van der Waals surface area contributed by atoms with Gasteiger partial charge in [-0.25, -0.2) is 9.36 Å². The third-order valence-corrected chi connectivity index (χ3v) is 7.23. The summed E-state index contributed by atoms with van der Waals surface area (Å²) in [7, 11) is -12.2. The smallest absolute Gasteiger partial charge is 0.479 e. The minimum absolute atomic E-state index is 0. The predicted octanol–water partition coefficient (Wildman–Crippen LogP) is -6.33. The number of phosphoric acid groups is 2. The molecule has 1 aromatic rings. The van der Waals surface area contributed by atoms with E-state index < -0.39 is 88.4 Å². The lowest BCUT2D eigenvalue weighted by atomic mass is 10.0. The highest BCUT2D eigenvalue weighted by Gasteiger charge is 2.47. The number of ether oxygens (including phenoxy) is 1. The normalized spacial score (nSPS) is 25.1. The van der Waals surface area contributed by atoms with E-state index in [2.05, 4.69) is 13.4 Å². The lowest BCUT2D eigenvalue weighted by Gasteiger charge is -2.35. The Morgan fingerprint density at radius 3 is 2.17 bits per heavy atom. The topological polar surface area (TPSA) is 440 Å². The average molecular weight is 631 g/mol. The van der Waals surface area contributed by atoms with Crippen molar-refractivity contribution in [1.82, 2.24) is 28.0 Å². The average Bonchev–Trinajstić information content (AvgIpc) is 3.07. The summed E-state index contributed by atoms with van der Waals surface area (Å²) in [6.45, 7) is -1.29. The van der Waals surface area contributed by atoms with Crippen LogP contribution in [-0.2, 0) is 36.8 Å². The Hall–Kier alpha value is -2.28. The number of carbonyl (C=O) groups is 2. The zero-order chi connectivity index (χ0) is 28.3. The number of hydrogen-bond donors (Lipinski definition) is 9. The van der Waals surface area contributed by atoms with Gasteiger partial charge in [-0.15, -0.1) is 0 Å². The molecule has 1 saturated heterocycles. The maximum atomic E-state index is 12.7. The third kappa shape index (κ3) is 9.97. The van der Waals surface area contributed by atoms with Crippen molar-refractivity contribution in [3.05, 3.63) is 33.1 Å². The monoisotopic (exact) mass is 631 g/mol. The largest absolute Gasteiger partial charge is 0.789 e.